The molecule has 0 spiro atoms. The molecule has 0 aromatic carbocycles. The Kier molecular flexibility index (Phi) is 617. The van der Waals surface area contributed by atoms with Crippen LogP contribution in [0.15, 0.2) is 0 Å². The summed E-state index contributed by atoms with van der Waals surface area (Å²) in [4.78, 5) is 0. The van der Waals surface area contributed by atoms with Crippen LogP contribution in [-0.2, 0) is 16.5 Å². The summed E-state index contributed by atoms with van der Waals surface area (Å²) in [6.45, 7) is 28.5. The first-order valence-corrected chi connectivity index (χ1v) is 1.34. The van der Waals surface area contributed by atoms with E-state index in [-0.39, 0.29) is 16.5 Å². The third-order valence-electron chi connectivity index (χ3n) is 0. The minimum atomic E-state index is 0. The molecular weight excluding hydrogens is 215 g/mol. The number of hydrogen-bond acceptors (Lipinski definition) is 6. The van der Waals surface area contributed by atoms with Gasteiger partial charge in [0.1, 0.15) is 0 Å². The van der Waals surface area contributed by atoms with Gasteiger partial charge in [0.15, 0.2) is 0 Å². The molecule has 0 aromatic rings. The molecule has 6 nitrogen and oxygen atoms in total. The van der Waals surface area contributed by atoms with E-state index in [0.717, 1.165) is 0 Å². The van der Waals surface area contributed by atoms with Crippen molar-refractivity contribution in [3.8, 4) is 0 Å². The molecule has 0 radical (unpaired) electrons. The van der Waals surface area contributed by atoms with E-state index in [1.165, 1.54) is 0 Å². The summed E-state index contributed by atoms with van der Waals surface area (Å²) in [6, 6.07) is 0. The van der Waals surface area contributed by atoms with Crippen molar-refractivity contribution in [3.63, 3.8) is 0 Å². The average molecular weight is 215 g/mol. The standard InChI is InChI=1S/6CN.Ni/c6*1-2;/q6*-1;+2. The predicted octanol–water partition coefficient (Wildman–Crippen LogP) is 0.576. The van der Waals surface area contributed by atoms with E-state index in [2.05, 4.69) is 0 Å². The second-order valence-electron chi connectivity index (χ2n) is 0. The maximum absolute atomic E-state index is 6.25. The first-order valence-electron chi connectivity index (χ1n) is 1.34. The van der Waals surface area contributed by atoms with Crippen LogP contribution in [0.25, 0.3) is 0 Å². The van der Waals surface area contributed by atoms with Gasteiger partial charge in [-0.15, -0.1) is 0 Å². The van der Waals surface area contributed by atoms with Crippen LogP contribution < -0.4 is 0 Å². The molecular formula is C6N6Ni-4. The zero-order valence-corrected chi connectivity index (χ0v) is 6.99. The van der Waals surface area contributed by atoms with Gasteiger partial charge in [-0.25, -0.2) is 0 Å². The van der Waals surface area contributed by atoms with E-state index < -0.39 is 0 Å². The predicted molar refractivity (Wildman–Crippen MR) is 29.8 cm³/mol. The fourth-order valence-electron chi connectivity index (χ4n) is 0. The van der Waals surface area contributed by atoms with Crippen molar-refractivity contribution in [1.29, 1.82) is 31.6 Å². The van der Waals surface area contributed by atoms with Gasteiger partial charge in [-0.1, -0.05) is 0 Å². The molecule has 0 heterocycles. The van der Waals surface area contributed by atoms with Gasteiger partial charge in [0.25, 0.3) is 0 Å². The molecule has 0 aliphatic carbocycles. The Labute approximate surface area is 88.0 Å². The van der Waals surface area contributed by atoms with Crippen LogP contribution in [-0.4, -0.2) is 0 Å². The van der Waals surface area contributed by atoms with Crippen LogP contribution in [0, 0.1) is 71.0 Å². The van der Waals surface area contributed by atoms with Gasteiger partial charge in [0.05, 0.1) is 0 Å². The maximum atomic E-state index is 6.25. The third kappa shape index (κ3) is 79.1. The molecule has 0 unspecified atom stereocenters. The summed E-state index contributed by atoms with van der Waals surface area (Å²) in [6.07, 6.45) is 0. The molecule has 0 saturated heterocycles. The molecule has 0 aliphatic heterocycles. The molecule has 0 bridgehead atoms. The van der Waals surface area contributed by atoms with Gasteiger partial charge in [-0.2, -0.15) is 0 Å². The molecule has 0 atom stereocenters. The van der Waals surface area contributed by atoms with Crippen molar-refractivity contribution in [3.05, 3.63) is 39.4 Å². The van der Waals surface area contributed by atoms with E-state index in [9.17, 15) is 0 Å². The van der Waals surface area contributed by atoms with Crippen LogP contribution in [0.5, 0.6) is 0 Å². The fourth-order valence-corrected chi connectivity index (χ4v) is 0. The largest absolute Gasteiger partial charge is 2.00 e. The number of rotatable bonds is 0. The Bertz CT molecular complexity index is 92.1. The molecule has 0 rings (SSSR count). The van der Waals surface area contributed by atoms with Gasteiger partial charge >= 0.3 is 16.5 Å². The van der Waals surface area contributed by atoms with Gasteiger partial charge in [0, 0.05) is 0 Å². The van der Waals surface area contributed by atoms with Crippen molar-refractivity contribution in [1.82, 2.24) is 0 Å². The van der Waals surface area contributed by atoms with Crippen molar-refractivity contribution in [2.75, 3.05) is 0 Å². The third-order valence-corrected chi connectivity index (χ3v) is 0. The summed E-state index contributed by atoms with van der Waals surface area (Å²) in [5.74, 6) is 0. The minimum absolute atomic E-state index is 0. The van der Waals surface area contributed by atoms with Crippen molar-refractivity contribution >= 4 is 0 Å². The van der Waals surface area contributed by atoms with Crippen LogP contribution in [0.3, 0.4) is 0 Å². The van der Waals surface area contributed by atoms with Gasteiger partial charge in [-0.05, 0) is 0 Å². The Balaban J connectivity index is -0.00000000655. The number of hydrogen-bond donors (Lipinski definition) is 0. The molecule has 13 heavy (non-hydrogen) atoms. The maximum Gasteiger partial charge on any atom is 2.00 e. The average Bonchev–Trinajstić information content (AvgIpc) is 2.33. The monoisotopic (exact) mass is 214 g/mol. The first-order chi connectivity index (χ1) is 6.00. The number of nitrogens with zero attached hydrogens (tertiary/aromatic N) is 6. The zero-order valence-electron chi connectivity index (χ0n) is 6.00. The van der Waals surface area contributed by atoms with Crippen LogP contribution in [0.2, 0.25) is 0 Å². The quantitative estimate of drug-likeness (QED) is 0.426. The topological polar surface area (TPSA) is 143 Å². The summed E-state index contributed by atoms with van der Waals surface area (Å²) in [5, 5.41) is 37.5. The molecule has 0 aromatic heterocycles. The molecule has 0 N–H and O–H groups in total. The Morgan fingerprint density at radius 2 is 0.308 bits per heavy atom. The first kappa shape index (κ1) is 78.8. The van der Waals surface area contributed by atoms with Crippen LogP contribution in [0.1, 0.15) is 0 Å². The molecule has 0 aliphatic rings. The van der Waals surface area contributed by atoms with Gasteiger partial charge < -0.3 is 71.0 Å². The Morgan fingerprint density at radius 3 is 0.308 bits per heavy atom. The van der Waals surface area contributed by atoms with Gasteiger partial charge in [0.2, 0.25) is 0 Å². The molecule has 0 saturated carbocycles. The second kappa shape index (κ2) is 102. The van der Waals surface area contributed by atoms with Crippen molar-refractivity contribution in [2.45, 2.75) is 0 Å². The zero-order chi connectivity index (χ0) is 12.0. The Hall–Kier alpha value is -2.57. The second-order valence-corrected chi connectivity index (χ2v) is 0. The van der Waals surface area contributed by atoms with E-state index in [1.54, 1.807) is 0 Å². The SMILES string of the molecule is [C-]#N.[C-]#N.[C-]#N.[C-]#N.[C-]#N.[C-]#N.[Ni+2]. The van der Waals surface area contributed by atoms with Crippen LogP contribution in [0.4, 0.5) is 0 Å². The summed E-state index contributed by atoms with van der Waals surface area (Å²) < 4.78 is 0. The van der Waals surface area contributed by atoms with E-state index in [0.29, 0.717) is 0 Å². The van der Waals surface area contributed by atoms with E-state index in [4.69, 9.17) is 71.0 Å². The van der Waals surface area contributed by atoms with Crippen molar-refractivity contribution in [2.24, 2.45) is 0 Å². The molecule has 68 valence electrons. The normalized spacial score (nSPS) is 0.923. The Morgan fingerprint density at radius 1 is 0.308 bits per heavy atom. The summed E-state index contributed by atoms with van der Waals surface area (Å²) >= 11 is 0. The fraction of sp³-hybridized carbons (Fsp3) is 0. The molecule has 7 heteroatoms. The minimum Gasteiger partial charge on any atom is -0.512 e. The summed E-state index contributed by atoms with van der Waals surface area (Å²) in [7, 11) is 0. The van der Waals surface area contributed by atoms with E-state index >= 15 is 0 Å². The van der Waals surface area contributed by atoms with Gasteiger partial charge in [-0.3, -0.25) is 0 Å². The molecule has 0 amide bonds. The van der Waals surface area contributed by atoms with Crippen LogP contribution >= 0.6 is 0 Å². The van der Waals surface area contributed by atoms with Crippen molar-refractivity contribution < 1.29 is 16.5 Å². The molecule has 0 fully saturated rings. The van der Waals surface area contributed by atoms with E-state index in [1.807, 2.05) is 0 Å². The summed E-state index contributed by atoms with van der Waals surface area (Å²) in [5.41, 5.74) is 0. The smallest absolute Gasteiger partial charge is 0.512 e.